The maximum atomic E-state index is 12.1. The molecule has 0 amide bonds. The van der Waals surface area contributed by atoms with Crippen LogP contribution in [0.15, 0.2) is 23.1 Å². The van der Waals surface area contributed by atoms with Crippen LogP contribution in [0.2, 0.25) is 0 Å². The van der Waals surface area contributed by atoms with E-state index in [9.17, 15) is 9.59 Å². The summed E-state index contributed by atoms with van der Waals surface area (Å²) in [6, 6.07) is 3.52. The molecule has 0 fully saturated rings. The molecule has 0 saturated carbocycles. The van der Waals surface area contributed by atoms with E-state index >= 15 is 0 Å². The van der Waals surface area contributed by atoms with Gasteiger partial charge in [-0.25, -0.2) is 4.98 Å². The molecule has 2 rings (SSSR count). The number of carbonyl (C=O) groups excluding carboxylic acids is 1. The lowest BCUT2D eigenvalue weighted by Gasteiger charge is -2.09. The summed E-state index contributed by atoms with van der Waals surface area (Å²) in [5.41, 5.74) is 1.49. The highest BCUT2D eigenvalue weighted by Gasteiger charge is 2.12. The van der Waals surface area contributed by atoms with Gasteiger partial charge in [-0.1, -0.05) is 0 Å². The summed E-state index contributed by atoms with van der Waals surface area (Å²) in [6.07, 6.45) is 1.60. The van der Waals surface area contributed by atoms with Crippen molar-refractivity contribution in [1.82, 2.24) is 9.55 Å². The Morgan fingerprint density at radius 3 is 2.71 bits per heavy atom. The fraction of sp³-hybridized carbons (Fsp3) is 0.308. The SMILES string of the molecule is CCn1cc(C(C)=O)c(=O)c2ccc(C)nc21. The highest BCUT2D eigenvalue weighted by Crippen LogP contribution is 2.11. The molecule has 0 N–H and O–H groups in total. The van der Waals surface area contributed by atoms with E-state index in [2.05, 4.69) is 4.98 Å². The molecule has 0 radical (unpaired) electrons. The van der Waals surface area contributed by atoms with E-state index in [1.807, 2.05) is 18.4 Å². The number of aromatic nitrogens is 2. The van der Waals surface area contributed by atoms with Crippen LogP contribution in [0.3, 0.4) is 0 Å². The summed E-state index contributed by atoms with van der Waals surface area (Å²) in [6.45, 7) is 5.92. The third-order valence-electron chi connectivity index (χ3n) is 2.78. The molecule has 0 aliphatic carbocycles. The molecular formula is C13H14N2O2. The summed E-state index contributed by atoms with van der Waals surface area (Å²) in [5.74, 6) is -0.209. The summed E-state index contributed by atoms with van der Waals surface area (Å²) in [7, 11) is 0. The topological polar surface area (TPSA) is 52.0 Å². The van der Waals surface area contributed by atoms with E-state index < -0.39 is 0 Å². The minimum absolute atomic E-state index is 0.209. The number of hydrogen-bond acceptors (Lipinski definition) is 3. The lowest BCUT2D eigenvalue weighted by molar-refractivity contribution is 0.101. The Balaban J connectivity index is 2.95. The van der Waals surface area contributed by atoms with Crippen LogP contribution in [0.4, 0.5) is 0 Å². The van der Waals surface area contributed by atoms with Crippen molar-refractivity contribution in [3.05, 3.63) is 39.8 Å². The van der Waals surface area contributed by atoms with Crippen molar-refractivity contribution in [2.24, 2.45) is 0 Å². The molecule has 0 aliphatic heterocycles. The lowest BCUT2D eigenvalue weighted by Crippen LogP contribution is -2.18. The zero-order valence-corrected chi connectivity index (χ0v) is 10.2. The molecule has 0 aromatic carbocycles. The Bertz CT molecular complexity index is 656. The number of fused-ring (bicyclic) bond motifs is 1. The number of pyridine rings is 2. The number of carbonyl (C=O) groups is 1. The quantitative estimate of drug-likeness (QED) is 0.741. The van der Waals surface area contributed by atoms with Gasteiger partial charge in [0.1, 0.15) is 5.65 Å². The average Bonchev–Trinajstić information content (AvgIpc) is 2.29. The largest absolute Gasteiger partial charge is 0.332 e. The van der Waals surface area contributed by atoms with E-state index in [1.165, 1.54) is 6.92 Å². The van der Waals surface area contributed by atoms with Gasteiger partial charge in [-0.3, -0.25) is 9.59 Å². The minimum atomic E-state index is -0.232. The first-order chi connectivity index (χ1) is 8.04. The molecule has 4 heteroatoms. The smallest absolute Gasteiger partial charge is 0.201 e. The first-order valence-electron chi connectivity index (χ1n) is 5.56. The zero-order chi connectivity index (χ0) is 12.6. The Morgan fingerprint density at radius 2 is 2.12 bits per heavy atom. The van der Waals surface area contributed by atoms with Gasteiger partial charge in [0, 0.05) is 18.4 Å². The van der Waals surface area contributed by atoms with Crippen molar-refractivity contribution in [2.75, 3.05) is 0 Å². The predicted molar refractivity (Wildman–Crippen MR) is 66.4 cm³/mol. The van der Waals surface area contributed by atoms with Crippen LogP contribution in [-0.2, 0) is 6.54 Å². The molecule has 2 aromatic rings. The van der Waals surface area contributed by atoms with Crippen LogP contribution in [0.5, 0.6) is 0 Å². The second kappa shape index (κ2) is 4.13. The monoisotopic (exact) mass is 230 g/mol. The van der Waals surface area contributed by atoms with Gasteiger partial charge in [-0.05, 0) is 32.9 Å². The van der Waals surface area contributed by atoms with E-state index in [1.54, 1.807) is 18.3 Å². The molecule has 0 bridgehead atoms. The second-order valence-corrected chi connectivity index (χ2v) is 4.04. The maximum absolute atomic E-state index is 12.1. The molecule has 17 heavy (non-hydrogen) atoms. The van der Waals surface area contributed by atoms with Crippen LogP contribution in [0, 0.1) is 6.92 Å². The fourth-order valence-corrected chi connectivity index (χ4v) is 1.85. The summed E-state index contributed by atoms with van der Waals surface area (Å²) < 4.78 is 1.83. The Kier molecular flexibility index (Phi) is 2.79. The first kappa shape index (κ1) is 11.5. The summed E-state index contributed by atoms with van der Waals surface area (Å²) in [5, 5.41) is 0.505. The van der Waals surface area contributed by atoms with E-state index in [0.29, 0.717) is 17.6 Å². The molecule has 0 saturated heterocycles. The lowest BCUT2D eigenvalue weighted by atomic mass is 10.1. The second-order valence-electron chi connectivity index (χ2n) is 4.04. The summed E-state index contributed by atoms with van der Waals surface area (Å²) >= 11 is 0. The third-order valence-corrected chi connectivity index (χ3v) is 2.78. The normalized spacial score (nSPS) is 10.8. The number of ketones is 1. The fourth-order valence-electron chi connectivity index (χ4n) is 1.85. The van der Waals surface area contributed by atoms with Crippen molar-refractivity contribution in [3.8, 4) is 0 Å². The standard InChI is InChI=1S/C13H14N2O2/c1-4-15-7-11(9(3)16)12(17)10-6-5-8(2)14-13(10)15/h5-7H,4H2,1-3H3. The molecule has 88 valence electrons. The van der Waals surface area contributed by atoms with Gasteiger partial charge in [0.05, 0.1) is 10.9 Å². The highest BCUT2D eigenvalue weighted by molar-refractivity contribution is 5.96. The number of nitrogens with zero attached hydrogens (tertiary/aromatic N) is 2. The molecule has 0 atom stereocenters. The molecule has 2 heterocycles. The van der Waals surface area contributed by atoms with Gasteiger partial charge in [0.2, 0.25) is 5.43 Å². The van der Waals surface area contributed by atoms with Crippen LogP contribution in [0.1, 0.15) is 29.9 Å². The number of aryl methyl sites for hydroxylation is 2. The number of hydrogen-bond donors (Lipinski definition) is 0. The summed E-state index contributed by atoms with van der Waals surface area (Å²) in [4.78, 5) is 27.8. The van der Waals surface area contributed by atoms with Gasteiger partial charge in [0.25, 0.3) is 0 Å². The first-order valence-corrected chi connectivity index (χ1v) is 5.56. The molecule has 4 nitrogen and oxygen atoms in total. The zero-order valence-electron chi connectivity index (χ0n) is 10.2. The van der Waals surface area contributed by atoms with Crippen molar-refractivity contribution >= 4 is 16.8 Å². The van der Waals surface area contributed by atoms with Crippen LogP contribution < -0.4 is 5.43 Å². The van der Waals surface area contributed by atoms with Crippen LogP contribution in [-0.4, -0.2) is 15.3 Å². The molecule has 0 aliphatic rings. The molecular weight excluding hydrogens is 216 g/mol. The van der Waals surface area contributed by atoms with Gasteiger partial charge >= 0.3 is 0 Å². The Labute approximate surface area is 98.9 Å². The average molecular weight is 230 g/mol. The van der Waals surface area contributed by atoms with Crippen LogP contribution >= 0.6 is 0 Å². The predicted octanol–water partition coefficient (Wildman–Crippen LogP) is 1.93. The Hall–Kier alpha value is -1.97. The number of rotatable bonds is 2. The maximum Gasteiger partial charge on any atom is 0.201 e. The van der Waals surface area contributed by atoms with Gasteiger partial charge in [0.15, 0.2) is 5.78 Å². The Morgan fingerprint density at radius 1 is 1.41 bits per heavy atom. The van der Waals surface area contributed by atoms with Gasteiger partial charge in [-0.2, -0.15) is 0 Å². The van der Waals surface area contributed by atoms with E-state index in [0.717, 1.165) is 5.69 Å². The van der Waals surface area contributed by atoms with E-state index in [-0.39, 0.29) is 16.8 Å². The van der Waals surface area contributed by atoms with Crippen molar-refractivity contribution in [2.45, 2.75) is 27.3 Å². The van der Waals surface area contributed by atoms with Crippen molar-refractivity contribution in [3.63, 3.8) is 0 Å². The minimum Gasteiger partial charge on any atom is -0.332 e. The third kappa shape index (κ3) is 1.86. The van der Waals surface area contributed by atoms with Crippen LogP contribution in [0.25, 0.3) is 11.0 Å². The molecule has 0 spiro atoms. The van der Waals surface area contributed by atoms with E-state index in [4.69, 9.17) is 0 Å². The van der Waals surface area contributed by atoms with Crippen molar-refractivity contribution < 1.29 is 4.79 Å². The van der Waals surface area contributed by atoms with Gasteiger partial charge in [-0.15, -0.1) is 0 Å². The molecule has 2 aromatic heterocycles. The van der Waals surface area contributed by atoms with Gasteiger partial charge < -0.3 is 4.57 Å². The molecule has 0 unspecified atom stereocenters. The number of Topliss-reactive ketones (excluding diaryl/α,β-unsaturated/α-hetero) is 1. The highest BCUT2D eigenvalue weighted by atomic mass is 16.1. The van der Waals surface area contributed by atoms with Crippen molar-refractivity contribution in [1.29, 1.82) is 0 Å².